The minimum atomic E-state index is -0.257. The Kier molecular flexibility index (Phi) is 4.71. The van der Waals surface area contributed by atoms with Crippen LogP contribution in [0.3, 0.4) is 0 Å². The van der Waals surface area contributed by atoms with E-state index in [0.29, 0.717) is 17.5 Å². The van der Waals surface area contributed by atoms with Gasteiger partial charge in [-0.3, -0.25) is 4.79 Å². The van der Waals surface area contributed by atoms with E-state index in [1.165, 1.54) is 0 Å². The molecule has 2 rings (SSSR count). The average molecular weight is 295 g/mol. The predicted octanol–water partition coefficient (Wildman–Crippen LogP) is 2.93. The Morgan fingerprint density at radius 1 is 1.50 bits per heavy atom. The Morgan fingerprint density at radius 2 is 2.25 bits per heavy atom. The van der Waals surface area contributed by atoms with Gasteiger partial charge in [-0.15, -0.1) is 0 Å². The minimum absolute atomic E-state index is 0.234. The molecule has 0 spiro atoms. The van der Waals surface area contributed by atoms with Crippen LogP contribution in [0.4, 0.5) is 0 Å². The lowest BCUT2D eigenvalue weighted by molar-refractivity contribution is -0.142. The van der Waals surface area contributed by atoms with Gasteiger partial charge in [0.25, 0.3) is 0 Å². The van der Waals surface area contributed by atoms with Crippen molar-refractivity contribution in [1.29, 1.82) is 0 Å². The van der Waals surface area contributed by atoms with E-state index in [9.17, 15) is 4.79 Å². The van der Waals surface area contributed by atoms with Crippen molar-refractivity contribution in [2.24, 2.45) is 11.3 Å². The Balaban J connectivity index is 2.12. The third-order valence-corrected chi connectivity index (χ3v) is 4.61. The van der Waals surface area contributed by atoms with E-state index in [1.54, 1.807) is 0 Å². The van der Waals surface area contributed by atoms with Crippen molar-refractivity contribution in [3.05, 3.63) is 34.9 Å². The number of hydrogen-bond donors (Lipinski definition) is 1. The van der Waals surface area contributed by atoms with Crippen LogP contribution >= 0.6 is 11.6 Å². The number of halogens is 1. The molecule has 1 fully saturated rings. The van der Waals surface area contributed by atoms with Gasteiger partial charge in [-0.2, -0.15) is 0 Å². The van der Waals surface area contributed by atoms with E-state index in [0.717, 1.165) is 25.1 Å². The fourth-order valence-corrected chi connectivity index (χ4v) is 3.21. The fourth-order valence-electron chi connectivity index (χ4n) is 2.99. The van der Waals surface area contributed by atoms with Gasteiger partial charge in [0.2, 0.25) is 5.91 Å². The van der Waals surface area contributed by atoms with Gasteiger partial charge >= 0.3 is 0 Å². The molecule has 110 valence electrons. The molecule has 1 aliphatic rings. The summed E-state index contributed by atoms with van der Waals surface area (Å²) in [5.74, 6) is 0.573. The fraction of sp³-hybridized carbons (Fsp3) is 0.562. The zero-order valence-electron chi connectivity index (χ0n) is 12.4. The molecule has 0 bridgehead atoms. The lowest BCUT2D eigenvalue weighted by Crippen LogP contribution is -2.46. The van der Waals surface area contributed by atoms with Gasteiger partial charge in [0.05, 0.1) is 5.41 Å². The summed E-state index contributed by atoms with van der Waals surface area (Å²) in [4.78, 5) is 14.7. The average Bonchev–Trinajstić information content (AvgIpc) is 2.88. The molecular formula is C16H23ClN2O. The highest BCUT2D eigenvalue weighted by atomic mass is 35.5. The first-order valence-electron chi connectivity index (χ1n) is 7.16. The molecule has 0 saturated carbocycles. The first kappa shape index (κ1) is 15.3. The van der Waals surface area contributed by atoms with Crippen molar-refractivity contribution < 1.29 is 4.79 Å². The van der Waals surface area contributed by atoms with E-state index in [4.69, 9.17) is 11.6 Å². The summed E-state index contributed by atoms with van der Waals surface area (Å²) in [6, 6.07) is 7.69. The smallest absolute Gasteiger partial charge is 0.230 e. The first-order chi connectivity index (χ1) is 9.45. The molecule has 0 radical (unpaired) electrons. The van der Waals surface area contributed by atoms with Gasteiger partial charge in [0.1, 0.15) is 0 Å². The van der Waals surface area contributed by atoms with Crippen LogP contribution in [0.15, 0.2) is 24.3 Å². The Morgan fingerprint density at radius 3 is 2.80 bits per heavy atom. The molecule has 1 aromatic rings. The number of nitrogens with zero attached hydrogens (tertiary/aromatic N) is 1. The highest BCUT2D eigenvalue weighted by Gasteiger charge is 2.45. The predicted molar refractivity (Wildman–Crippen MR) is 82.7 cm³/mol. The van der Waals surface area contributed by atoms with Crippen molar-refractivity contribution in [2.75, 3.05) is 20.1 Å². The summed E-state index contributed by atoms with van der Waals surface area (Å²) in [5, 5.41) is 4.05. The highest BCUT2D eigenvalue weighted by molar-refractivity contribution is 6.30. The molecule has 0 aromatic heterocycles. The van der Waals surface area contributed by atoms with Gasteiger partial charge in [0.15, 0.2) is 0 Å². The van der Waals surface area contributed by atoms with Gasteiger partial charge in [0, 0.05) is 25.2 Å². The van der Waals surface area contributed by atoms with E-state index >= 15 is 0 Å². The zero-order valence-corrected chi connectivity index (χ0v) is 13.2. The molecular weight excluding hydrogens is 272 g/mol. The molecule has 1 aromatic carbocycles. The van der Waals surface area contributed by atoms with Crippen molar-refractivity contribution in [1.82, 2.24) is 10.2 Å². The Labute approximate surface area is 126 Å². The van der Waals surface area contributed by atoms with Crippen LogP contribution in [-0.2, 0) is 11.3 Å². The van der Waals surface area contributed by atoms with Gasteiger partial charge in [-0.1, -0.05) is 37.6 Å². The maximum Gasteiger partial charge on any atom is 0.230 e. The largest absolute Gasteiger partial charge is 0.341 e. The standard InChI is InChI=1S/C16H23ClN2O/c1-12(2)16(7-8-18-11-16)15(20)19(3)10-13-5-4-6-14(17)9-13/h4-6,9,12,18H,7-8,10-11H2,1-3H3. The highest BCUT2D eigenvalue weighted by Crippen LogP contribution is 2.36. The van der Waals surface area contributed by atoms with Crippen LogP contribution in [0.2, 0.25) is 5.02 Å². The first-order valence-corrected chi connectivity index (χ1v) is 7.54. The summed E-state index contributed by atoms with van der Waals surface area (Å²) in [6.45, 7) is 6.59. The third kappa shape index (κ3) is 2.99. The number of benzene rings is 1. The summed E-state index contributed by atoms with van der Waals surface area (Å²) in [6.07, 6.45) is 0.920. The zero-order chi connectivity index (χ0) is 14.8. The molecule has 1 heterocycles. The van der Waals surface area contributed by atoms with Crippen LogP contribution in [0.1, 0.15) is 25.8 Å². The van der Waals surface area contributed by atoms with Crippen LogP contribution in [0.5, 0.6) is 0 Å². The lowest BCUT2D eigenvalue weighted by Gasteiger charge is -2.35. The second-order valence-electron chi connectivity index (χ2n) is 6.03. The maximum absolute atomic E-state index is 12.9. The Hall–Kier alpha value is -1.06. The number of rotatable bonds is 4. The molecule has 1 saturated heterocycles. The maximum atomic E-state index is 12.9. The van der Waals surface area contributed by atoms with Crippen LogP contribution in [-0.4, -0.2) is 30.9 Å². The van der Waals surface area contributed by atoms with Crippen molar-refractivity contribution in [2.45, 2.75) is 26.8 Å². The third-order valence-electron chi connectivity index (χ3n) is 4.37. The number of amides is 1. The second-order valence-corrected chi connectivity index (χ2v) is 6.47. The van der Waals surface area contributed by atoms with Crippen LogP contribution < -0.4 is 5.32 Å². The SMILES string of the molecule is CC(C)C1(C(=O)N(C)Cc2cccc(Cl)c2)CCNC1. The van der Waals surface area contributed by atoms with Crippen molar-refractivity contribution >= 4 is 17.5 Å². The number of nitrogens with one attached hydrogen (secondary N) is 1. The molecule has 3 nitrogen and oxygen atoms in total. The van der Waals surface area contributed by atoms with E-state index in [2.05, 4.69) is 19.2 Å². The molecule has 1 amide bonds. The molecule has 1 atom stereocenters. The van der Waals surface area contributed by atoms with Gasteiger partial charge < -0.3 is 10.2 Å². The van der Waals surface area contributed by atoms with Crippen LogP contribution in [0.25, 0.3) is 0 Å². The summed E-state index contributed by atoms with van der Waals surface area (Å²) in [7, 11) is 1.88. The van der Waals surface area contributed by atoms with Crippen molar-refractivity contribution in [3.63, 3.8) is 0 Å². The van der Waals surface area contributed by atoms with E-state index in [1.807, 2.05) is 36.2 Å². The molecule has 1 N–H and O–H groups in total. The van der Waals surface area contributed by atoms with Gasteiger partial charge in [-0.25, -0.2) is 0 Å². The molecule has 1 unspecified atom stereocenters. The molecule has 1 aliphatic heterocycles. The second kappa shape index (κ2) is 6.15. The number of carbonyl (C=O) groups is 1. The number of carbonyl (C=O) groups excluding carboxylic acids is 1. The van der Waals surface area contributed by atoms with E-state index < -0.39 is 0 Å². The Bertz CT molecular complexity index is 481. The van der Waals surface area contributed by atoms with E-state index in [-0.39, 0.29) is 11.3 Å². The molecule has 4 heteroatoms. The molecule has 20 heavy (non-hydrogen) atoms. The van der Waals surface area contributed by atoms with Gasteiger partial charge in [-0.05, 0) is 36.6 Å². The monoisotopic (exact) mass is 294 g/mol. The lowest BCUT2D eigenvalue weighted by atomic mass is 9.75. The minimum Gasteiger partial charge on any atom is -0.341 e. The molecule has 0 aliphatic carbocycles. The van der Waals surface area contributed by atoms with Crippen molar-refractivity contribution in [3.8, 4) is 0 Å². The summed E-state index contributed by atoms with van der Waals surface area (Å²) >= 11 is 6.00. The normalized spacial score (nSPS) is 22.2. The number of hydrogen-bond acceptors (Lipinski definition) is 2. The summed E-state index contributed by atoms with van der Waals surface area (Å²) < 4.78 is 0. The topological polar surface area (TPSA) is 32.3 Å². The van der Waals surface area contributed by atoms with Crippen LogP contribution in [0, 0.1) is 11.3 Å². The summed E-state index contributed by atoms with van der Waals surface area (Å²) in [5.41, 5.74) is 0.811. The quantitative estimate of drug-likeness (QED) is 0.926.